The van der Waals surface area contributed by atoms with E-state index in [1.807, 2.05) is 0 Å². The molecule has 0 radical (unpaired) electrons. The van der Waals surface area contributed by atoms with Gasteiger partial charge in [-0.1, -0.05) is 0 Å². The van der Waals surface area contributed by atoms with Crippen LogP contribution in [0.15, 0.2) is 0 Å². The number of ether oxygens (including phenoxy) is 1. The van der Waals surface area contributed by atoms with Crippen molar-refractivity contribution >= 4 is 11.9 Å². The van der Waals surface area contributed by atoms with E-state index in [0.717, 1.165) is 0 Å². The molecule has 5 nitrogen and oxygen atoms in total. The third-order valence-electron chi connectivity index (χ3n) is 4.82. The average Bonchev–Trinajstić information content (AvgIpc) is 2.22. The summed E-state index contributed by atoms with van der Waals surface area (Å²) in [5, 5.41) is 9.04. The van der Waals surface area contributed by atoms with Crippen molar-refractivity contribution in [3.8, 4) is 0 Å². The number of morpholine rings is 1. The number of alkyl halides is 3. The van der Waals surface area contributed by atoms with Gasteiger partial charge in [-0.3, -0.25) is 9.59 Å². The topological polar surface area (TPSA) is 66.8 Å². The molecule has 21 heavy (non-hydrogen) atoms. The molecule has 0 aromatic carbocycles. The van der Waals surface area contributed by atoms with Crippen LogP contribution in [0.2, 0.25) is 0 Å². The molecule has 4 aliphatic rings. The van der Waals surface area contributed by atoms with Crippen LogP contribution in [-0.4, -0.2) is 53.9 Å². The Bertz CT molecular complexity index is 471. The highest BCUT2D eigenvalue weighted by Crippen LogP contribution is 2.73. The average molecular weight is 307 g/mol. The molecule has 1 saturated heterocycles. The molecule has 1 N–H and O–H groups in total. The first-order valence-electron chi connectivity index (χ1n) is 6.87. The Labute approximate surface area is 119 Å². The Kier molecular flexibility index (Phi) is 3.02. The van der Waals surface area contributed by atoms with E-state index < -0.39 is 35.5 Å². The Morgan fingerprint density at radius 3 is 2.38 bits per heavy atom. The molecule has 2 bridgehead atoms. The summed E-state index contributed by atoms with van der Waals surface area (Å²) in [6.45, 7) is 0.293. The molecule has 4 rings (SSSR count). The van der Waals surface area contributed by atoms with Gasteiger partial charge in [0, 0.05) is 13.1 Å². The van der Waals surface area contributed by atoms with E-state index in [4.69, 9.17) is 9.84 Å². The van der Waals surface area contributed by atoms with Crippen molar-refractivity contribution in [1.29, 1.82) is 0 Å². The minimum absolute atomic E-state index is 0.0693. The predicted molar refractivity (Wildman–Crippen MR) is 63.3 cm³/mol. The second-order valence-electron chi connectivity index (χ2n) is 6.46. The van der Waals surface area contributed by atoms with Gasteiger partial charge < -0.3 is 14.7 Å². The summed E-state index contributed by atoms with van der Waals surface area (Å²) < 4.78 is 42.2. The van der Waals surface area contributed by atoms with Crippen LogP contribution in [0.5, 0.6) is 0 Å². The molecule has 0 spiro atoms. The molecule has 1 heterocycles. The fourth-order valence-corrected chi connectivity index (χ4v) is 3.86. The number of rotatable bonds is 3. The highest BCUT2D eigenvalue weighted by Gasteiger charge is 2.75. The zero-order chi connectivity index (χ0) is 15.5. The number of carbonyl (C=O) groups excluding carboxylic acids is 1. The van der Waals surface area contributed by atoms with Gasteiger partial charge in [0.15, 0.2) is 0 Å². The lowest BCUT2D eigenvalue weighted by atomic mass is 9.34. The van der Waals surface area contributed by atoms with Gasteiger partial charge in [0.2, 0.25) is 5.91 Å². The van der Waals surface area contributed by atoms with E-state index in [9.17, 15) is 22.8 Å². The number of halogens is 3. The highest BCUT2D eigenvalue weighted by atomic mass is 19.4. The highest BCUT2D eigenvalue weighted by molar-refractivity contribution is 5.93. The minimum atomic E-state index is -4.32. The fraction of sp³-hybridized carbons (Fsp3) is 0.846. The van der Waals surface area contributed by atoms with Gasteiger partial charge in [0.25, 0.3) is 0 Å². The molecule has 118 valence electrons. The maximum Gasteiger partial charge on any atom is 0.391 e. The lowest BCUT2D eigenvalue weighted by Crippen LogP contribution is -2.71. The number of carboxylic acids is 1. The van der Waals surface area contributed by atoms with Crippen LogP contribution in [-0.2, 0) is 14.3 Å². The molecule has 0 aromatic rings. The molecular formula is C13H16F3NO4. The summed E-state index contributed by atoms with van der Waals surface area (Å²) in [6.07, 6.45) is -5.47. The van der Waals surface area contributed by atoms with Crippen molar-refractivity contribution in [2.24, 2.45) is 10.8 Å². The second kappa shape index (κ2) is 4.34. The number of nitrogens with zero attached hydrogens (tertiary/aromatic N) is 1. The molecule has 1 atom stereocenters. The predicted octanol–water partition coefficient (Wildman–Crippen LogP) is 1.42. The lowest BCUT2D eigenvalue weighted by molar-refractivity contribution is -0.230. The first-order chi connectivity index (χ1) is 9.66. The van der Waals surface area contributed by atoms with Crippen molar-refractivity contribution in [3.63, 3.8) is 0 Å². The smallest absolute Gasteiger partial charge is 0.391 e. The summed E-state index contributed by atoms with van der Waals surface area (Å²) in [7, 11) is 0. The molecule has 8 heteroatoms. The third kappa shape index (κ3) is 2.29. The summed E-state index contributed by atoms with van der Waals surface area (Å²) in [4.78, 5) is 24.8. The van der Waals surface area contributed by atoms with Crippen molar-refractivity contribution in [2.75, 3.05) is 19.7 Å². The summed E-state index contributed by atoms with van der Waals surface area (Å²) in [5.41, 5.74) is -1.40. The SMILES string of the molecule is O=C(O)C12CC(C(=O)N3CCOC(CC(F)(F)F)C3)(C1)C2. The standard InChI is InChI=1S/C13H16F3NO4/c14-13(15,16)3-8-4-17(1-2-21-8)9(18)11-5-12(6-11,7-11)10(19)20/h8H,1-7H2,(H,19,20). The van der Waals surface area contributed by atoms with Crippen LogP contribution in [0.25, 0.3) is 0 Å². The number of hydrogen-bond acceptors (Lipinski definition) is 3. The van der Waals surface area contributed by atoms with E-state index in [-0.39, 0.29) is 25.6 Å². The summed E-state index contributed by atoms with van der Waals surface area (Å²) in [5.74, 6) is -1.09. The van der Waals surface area contributed by atoms with Crippen LogP contribution in [0.1, 0.15) is 25.7 Å². The Morgan fingerprint density at radius 2 is 1.86 bits per heavy atom. The van der Waals surface area contributed by atoms with Gasteiger partial charge in [-0.25, -0.2) is 0 Å². The van der Waals surface area contributed by atoms with Crippen LogP contribution >= 0.6 is 0 Å². The molecule has 1 amide bonds. The summed E-state index contributed by atoms with van der Waals surface area (Å²) in [6, 6.07) is 0. The molecular weight excluding hydrogens is 291 g/mol. The zero-order valence-electron chi connectivity index (χ0n) is 11.3. The van der Waals surface area contributed by atoms with E-state index >= 15 is 0 Å². The molecule has 0 aromatic heterocycles. The largest absolute Gasteiger partial charge is 0.481 e. The first kappa shape index (κ1) is 14.6. The molecule has 3 aliphatic carbocycles. The minimum Gasteiger partial charge on any atom is -0.481 e. The third-order valence-corrected chi connectivity index (χ3v) is 4.82. The van der Waals surface area contributed by atoms with Crippen molar-refractivity contribution in [1.82, 2.24) is 4.90 Å². The van der Waals surface area contributed by atoms with E-state index in [2.05, 4.69) is 0 Å². The molecule has 4 fully saturated rings. The number of aliphatic carboxylic acids is 1. The zero-order valence-corrected chi connectivity index (χ0v) is 11.3. The van der Waals surface area contributed by atoms with Crippen LogP contribution in [0.4, 0.5) is 13.2 Å². The molecule has 1 aliphatic heterocycles. The number of amides is 1. The van der Waals surface area contributed by atoms with Crippen molar-refractivity contribution < 1.29 is 32.6 Å². The number of carboxylic acid groups (broad SMARTS) is 1. The Hall–Kier alpha value is -1.31. The van der Waals surface area contributed by atoms with Gasteiger partial charge in [-0.05, 0) is 19.3 Å². The number of carbonyl (C=O) groups is 2. The molecule has 1 unspecified atom stereocenters. The lowest BCUT2D eigenvalue weighted by Gasteiger charge is -2.67. The maximum absolute atomic E-state index is 12.4. The second-order valence-corrected chi connectivity index (χ2v) is 6.46. The number of hydrogen-bond donors (Lipinski definition) is 1. The fourth-order valence-electron chi connectivity index (χ4n) is 3.86. The molecule has 3 saturated carbocycles. The van der Waals surface area contributed by atoms with Gasteiger partial charge in [-0.15, -0.1) is 0 Å². The van der Waals surface area contributed by atoms with Crippen molar-refractivity contribution in [2.45, 2.75) is 38.0 Å². The van der Waals surface area contributed by atoms with Crippen LogP contribution in [0, 0.1) is 10.8 Å². The Morgan fingerprint density at radius 1 is 1.24 bits per heavy atom. The quantitative estimate of drug-likeness (QED) is 0.856. The monoisotopic (exact) mass is 307 g/mol. The normalized spacial score (nSPS) is 38.4. The summed E-state index contributed by atoms with van der Waals surface area (Å²) >= 11 is 0. The van der Waals surface area contributed by atoms with Crippen LogP contribution in [0.3, 0.4) is 0 Å². The van der Waals surface area contributed by atoms with Crippen LogP contribution < -0.4 is 0 Å². The van der Waals surface area contributed by atoms with Crippen molar-refractivity contribution in [3.05, 3.63) is 0 Å². The van der Waals surface area contributed by atoms with Gasteiger partial charge >= 0.3 is 12.1 Å². The Balaban J connectivity index is 1.58. The van der Waals surface area contributed by atoms with Gasteiger partial charge in [0.05, 0.1) is 30.0 Å². The van der Waals surface area contributed by atoms with Gasteiger partial charge in [0.1, 0.15) is 0 Å². The van der Waals surface area contributed by atoms with Gasteiger partial charge in [-0.2, -0.15) is 13.2 Å². The van der Waals surface area contributed by atoms with E-state index in [1.165, 1.54) is 4.90 Å². The van der Waals surface area contributed by atoms with E-state index in [0.29, 0.717) is 19.3 Å². The first-order valence-corrected chi connectivity index (χ1v) is 6.87. The maximum atomic E-state index is 12.4. The van der Waals surface area contributed by atoms with E-state index in [1.54, 1.807) is 0 Å².